The lowest BCUT2D eigenvalue weighted by Gasteiger charge is -2.33. The maximum atomic E-state index is 13.6. The Morgan fingerprint density at radius 2 is 1.35 bits per heavy atom. The Balaban J connectivity index is 2.39. The first kappa shape index (κ1) is 26.6. The van der Waals surface area contributed by atoms with Crippen molar-refractivity contribution < 1.29 is 19.1 Å². The zero-order valence-electron chi connectivity index (χ0n) is 20.3. The summed E-state index contributed by atoms with van der Waals surface area (Å²) in [5.41, 5.74) is 0.673. The van der Waals surface area contributed by atoms with Crippen LogP contribution in [0.5, 0.6) is 0 Å². The standard InChI is InChI=1S/C28H34N2O4/c1-21(2)25(26(32)34-4)29-27(33)28(30-22(3)31,19-11-17-23-13-7-5-8-14-23)20-12-18-24-15-9-6-10-16-24/h5-18,21,25H,19-20H2,1-4H3,(H,29,33)(H,30,31)/b17-11+,18-12+/t25-/m0/s1. The van der Waals surface area contributed by atoms with E-state index in [2.05, 4.69) is 10.6 Å². The van der Waals surface area contributed by atoms with E-state index < -0.39 is 23.5 Å². The van der Waals surface area contributed by atoms with Crippen LogP contribution in [0.3, 0.4) is 0 Å². The zero-order valence-corrected chi connectivity index (χ0v) is 20.3. The van der Waals surface area contributed by atoms with E-state index in [1.54, 1.807) is 0 Å². The van der Waals surface area contributed by atoms with Gasteiger partial charge < -0.3 is 15.4 Å². The van der Waals surface area contributed by atoms with Gasteiger partial charge in [0, 0.05) is 6.92 Å². The van der Waals surface area contributed by atoms with Crippen LogP contribution in [0.1, 0.15) is 44.7 Å². The molecule has 0 aromatic heterocycles. The summed E-state index contributed by atoms with van der Waals surface area (Å²) in [4.78, 5) is 38.1. The fourth-order valence-electron chi connectivity index (χ4n) is 3.59. The lowest BCUT2D eigenvalue weighted by molar-refractivity contribution is -0.147. The summed E-state index contributed by atoms with van der Waals surface area (Å²) in [6.07, 6.45) is 8.01. The molecule has 34 heavy (non-hydrogen) atoms. The first-order valence-electron chi connectivity index (χ1n) is 11.4. The normalized spacial score (nSPS) is 12.6. The molecule has 0 aliphatic rings. The summed E-state index contributed by atoms with van der Waals surface area (Å²) in [6.45, 7) is 5.03. The molecule has 2 N–H and O–H groups in total. The Morgan fingerprint density at radius 3 is 1.74 bits per heavy atom. The van der Waals surface area contributed by atoms with Crippen LogP contribution in [-0.4, -0.2) is 36.5 Å². The van der Waals surface area contributed by atoms with Gasteiger partial charge in [-0.15, -0.1) is 0 Å². The van der Waals surface area contributed by atoms with Gasteiger partial charge >= 0.3 is 5.97 Å². The molecule has 6 heteroatoms. The quantitative estimate of drug-likeness (QED) is 0.485. The number of rotatable bonds is 11. The molecule has 0 fully saturated rings. The molecule has 0 unspecified atom stereocenters. The van der Waals surface area contributed by atoms with Crippen molar-refractivity contribution >= 4 is 29.9 Å². The van der Waals surface area contributed by atoms with E-state index >= 15 is 0 Å². The number of hydrogen-bond donors (Lipinski definition) is 2. The Bertz CT molecular complexity index is 946. The van der Waals surface area contributed by atoms with Gasteiger partial charge in [0.15, 0.2) is 0 Å². The highest BCUT2D eigenvalue weighted by molar-refractivity contribution is 5.94. The highest BCUT2D eigenvalue weighted by Crippen LogP contribution is 2.21. The van der Waals surface area contributed by atoms with E-state index in [0.717, 1.165) is 11.1 Å². The number of carbonyl (C=O) groups excluding carboxylic acids is 3. The summed E-state index contributed by atoms with van der Waals surface area (Å²) in [6, 6.07) is 18.6. The molecule has 1 atom stereocenters. The van der Waals surface area contributed by atoms with Crippen molar-refractivity contribution in [2.24, 2.45) is 5.92 Å². The minimum Gasteiger partial charge on any atom is -0.467 e. The lowest BCUT2D eigenvalue weighted by Crippen LogP contribution is -2.61. The first-order valence-corrected chi connectivity index (χ1v) is 11.4. The summed E-state index contributed by atoms with van der Waals surface area (Å²) in [5.74, 6) is -1.50. The Labute approximate surface area is 202 Å². The van der Waals surface area contributed by atoms with Crippen molar-refractivity contribution in [1.82, 2.24) is 10.6 Å². The number of ether oxygens (including phenoxy) is 1. The molecule has 2 amide bonds. The fourth-order valence-corrected chi connectivity index (χ4v) is 3.59. The van der Waals surface area contributed by atoms with Gasteiger partial charge in [-0.25, -0.2) is 4.79 Å². The second-order valence-corrected chi connectivity index (χ2v) is 8.52. The summed E-state index contributed by atoms with van der Waals surface area (Å²) < 4.78 is 4.88. The largest absolute Gasteiger partial charge is 0.467 e. The van der Waals surface area contributed by atoms with Crippen LogP contribution in [0.2, 0.25) is 0 Å². The highest BCUT2D eigenvalue weighted by Gasteiger charge is 2.40. The third-order valence-electron chi connectivity index (χ3n) is 5.41. The van der Waals surface area contributed by atoms with Gasteiger partial charge in [0.25, 0.3) is 0 Å². The lowest BCUT2D eigenvalue weighted by atomic mass is 9.87. The molecule has 6 nitrogen and oxygen atoms in total. The molecule has 0 heterocycles. The van der Waals surface area contributed by atoms with Crippen molar-refractivity contribution in [2.75, 3.05) is 7.11 Å². The molecule has 0 spiro atoms. The van der Waals surface area contributed by atoms with Gasteiger partial charge in [-0.1, -0.05) is 98.8 Å². The average molecular weight is 463 g/mol. The third kappa shape index (κ3) is 8.03. The molecule has 0 radical (unpaired) electrons. The Kier molecular flexibility index (Phi) is 10.3. The minimum atomic E-state index is -1.29. The number of benzene rings is 2. The number of hydrogen-bond acceptors (Lipinski definition) is 4. The van der Waals surface area contributed by atoms with Gasteiger partial charge in [-0.05, 0) is 29.9 Å². The van der Waals surface area contributed by atoms with Crippen LogP contribution < -0.4 is 10.6 Å². The van der Waals surface area contributed by atoms with Gasteiger partial charge in [0.1, 0.15) is 11.6 Å². The number of amides is 2. The predicted molar refractivity (Wildman–Crippen MR) is 136 cm³/mol. The van der Waals surface area contributed by atoms with Crippen molar-refractivity contribution in [1.29, 1.82) is 0 Å². The molecule has 0 bridgehead atoms. The van der Waals surface area contributed by atoms with Crippen LogP contribution in [-0.2, 0) is 19.1 Å². The van der Waals surface area contributed by atoms with Crippen LogP contribution >= 0.6 is 0 Å². The van der Waals surface area contributed by atoms with Crippen LogP contribution in [0.25, 0.3) is 12.2 Å². The maximum Gasteiger partial charge on any atom is 0.328 e. The molecule has 180 valence electrons. The second kappa shape index (κ2) is 13.1. The Morgan fingerprint density at radius 1 is 0.882 bits per heavy atom. The first-order chi connectivity index (χ1) is 16.3. The monoisotopic (exact) mass is 462 g/mol. The molecule has 0 saturated carbocycles. The fraction of sp³-hybridized carbons (Fsp3) is 0.321. The van der Waals surface area contributed by atoms with Gasteiger partial charge in [-0.2, -0.15) is 0 Å². The second-order valence-electron chi connectivity index (χ2n) is 8.52. The average Bonchev–Trinajstić information content (AvgIpc) is 2.82. The van der Waals surface area contributed by atoms with Crippen molar-refractivity contribution in [3.63, 3.8) is 0 Å². The minimum absolute atomic E-state index is 0.189. The molecular weight excluding hydrogens is 428 g/mol. The van der Waals surface area contributed by atoms with Crippen molar-refractivity contribution in [3.8, 4) is 0 Å². The zero-order chi connectivity index (χ0) is 25.0. The maximum absolute atomic E-state index is 13.6. The smallest absolute Gasteiger partial charge is 0.328 e. The number of methoxy groups -OCH3 is 1. The number of esters is 1. The van der Waals surface area contributed by atoms with E-state index in [-0.39, 0.29) is 24.7 Å². The molecule has 2 aromatic rings. The van der Waals surface area contributed by atoms with E-state index in [4.69, 9.17) is 4.74 Å². The molecular formula is C28H34N2O4. The van der Waals surface area contributed by atoms with Crippen LogP contribution in [0.4, 0.5) is 0 Å². The highest BCUT2D eigenvalue weighted by atomic mass is 16.5. The summed E-state index contributed by atoms with van der Waals surface area (Å²) in [7, 11) is 1.29. The molecule has 0 aliphatic carbocycles. The van der Waals surface area contributed by atoms with E-state index in [1.807, 2.05) is 98.8 Å². The Hall–Kier alpha value is -3.67. The van der Waals surface area contributed by atoms with Crippen LogP contribution in [0.15, 0.2) is 72.8 Å². The molecule has 2 aromatic carbocycles. The van der Waals surface area contributed by atoms with E-state index in [0.29, 0.717) is 0 Å². The van der Waals surface area contributed by atoms with Crippen molar-refractivity contribution in [2.45, 2.75) is 45.2 Å². The van der Waals surface area contributed by atoms with Crippen molar-refractivity contribution in [3.05, 3.63) is 83.9 Å². The number of nitrogens with one attached hydrogen (secondary N) is 2. The summed E-state index contributed by atoms with van der Waals surface area (Å²) in [5, 5.41) is 5.68. The topological polar surface area (TPSA) is 84.5 Å². The van der Waals surface area contributed by atoms with E-state index in [1.165, 1.54) is 14.0 Å². The SMILES string of the molecule is COC(=O)[C@@H](NC(=O)C(C/C=C/c1ccccc1)(C/C=C/c1ccccc1)NC(C)=O)C(C)C. The molecule has 0 aliphatic heterocycles. The summed E-state index contributed by atoms with van der Waals surface area (Å²) >= 11 is 0. The molecule has 2 rings (SSSR count). The van der Waals surface area contributed by atoms with Gasteiger partial charge in [0.2, 0.25) is 11.8 Å². The van der Waals surface area contributed by atoms with E-state index in [9.17, 15) is 14.4 Å². The van der Waals surface area contributed by atoms with Crippen LogP contribution in [0, 0.1) is 5.92 Å². The number of carbonyl (C=O) groups is 3. The third-order valence-corrected chi connectivity index (χ3v) is 5.41. The predicted octanol–water partition coefficient (Wildman–Crippen LogP) is 4.38. The van der Waals surface area contributed by atoms with Gasteiger partial charge in [0.05, 0.1) is 7.11 Å². The van der Waals surface area contributed by atoms with Gasteiger partial charge in [-0.3, -0.25) is 9.59 Å². The molecule has 0 saturated heterocycles.